The van der Waals surface area contributed by atoms with Gasteiger partial charge >= 0.3 is 0 Å². The van der Waals surface area contributed by atoms with E-state index in [2.05, 4.69) is 15.2 Å². The fraction of sp³-hybridized carbons (Fsp3) is 0.200. The van der Waals surface area contributed by atoms with E-state index in [9.17, 15) is 4.79 Å². The van der Waals surface area contributed by atoms with Gasteiger partial charge < -0.3 is 4.90 Å². The van der Waals surface area contributed by atoms with E-state index in [0.717, 1.165) is 28.0 Å². The summed E-state index contributed by atoms with van der Waals surface area (Å²) in [5, 5.41) is 9.30. The molecule has 0 bridgehead atoms. The second kappa shape index (κ2) is 7.36. The predicted molar refractivity (Wildman–Crippen MR) is 101 cm³/mol. The van der Waals surface area contributed by atoms with Crippen molar-refractivity contribution in [1.29, 1.82) is 0 Å². The van der Waals surface area contributed by atoms with Crippen molar-refractivity contribution in [3.8, 4) is 5.69 Å². The molecule has 1 unspecified atom stereocenters. The quantitative estimate of drug-likeness (QED) is 0.598. The molecular formula is C15H12ClN5OS3. The van der Waals surface area contributed by atoms with Crippen LogP contribution < -0.4 is 0 Å². The van der Waals surface area contributed by atoms with Crippen LogP contribution in [0.25, 0.3) is 5.69 Å². The van der Waals surface area contributed by atoms with Crippen LogP contribution in [0.1, 0.15) is 11.2 Å². The largest absolute Gasteiger partial charge is 0.325 e. The average molecular weight is 410 g/mol. The van der Waals surface area contributed by atoms with Crippen LogP contribution in [0.5, 0.6) is 0 Å². The van der Waals surface area contributed by atoms with Crippen LogP contribution in [0.3, 0.4) is 0 Å². The van der Waals surface area contributed by atoms with Crippen molar-refractivity contribution in [2.24, 2.45) is 0 Å². The van der Waals surface area contributed by atoms with Gasteiger partial charge in [-0.3, -0.25) is 9.36 Å². The SMILES string of the molecule is O=CN1CCSC1c1nnc(Sc2ncc(Cl)s2)n1-c1ccccc1. The smallest absolute Gasteiger partial charge is 0.211 e. The van der Waals surface area contributed by atoms with Crippen LogP contribution in [-0.4, -0.2) is 43.4 Å². The number of rotatable bonds is 5. The Balaban J connectivity index is 1.78. The monoisotopic (exact) mass is 409 g/mol. The number of aromatic nitrogens is 4. The predicted octanol–water partition coefficient (Wildman–Crippen LogP) is 3.73. The zero-order valence-electron chi connectivity index (χ0n) is 12.8. The summed E-state index contributed by atoms with van der Waals surface area (Å²) in [6, 6.07) is 9.89. The highest BCUT2D eigenvalue weighted by Gasteiger charge is 2.31. The molecule has 3 aromatic rings. The first kappa shape index (κ1) is 16.9. The van der Waals surface area contributed by atoms with Gasteiger partial charge in [0.05, 0.1) is 6.20 Å². The molecule has 2 aromatic heterocycles. The molecule has 1 aliphatic heterocycles. The molecule has 10 heteroatoms. The lowest BCUT2D eigenvalue weighted by molar-refractivity contribution is -0.118. The number of nitrogens with zero attached hydrogens (tertiary/aromatic N) is 5. The van der Waals surface area contributed by atoms with Gasteiger partial charge in [0.25, 0.3) is 0 Å². The molecule has 0 spiro atoms. The van der Waals surface area contributed by atoms with E-state index >= 15 is 0 Å². The fourth-order valence-electron chi connectivity index (χ4n) is 2.51. The van der Waals surface area contributed by atoms with Gasteiger partial charge in [0.2, 0.25) is 11.6 Å². The van der Waals surface area contributed by atoms with E-state index in [1.165, 1.54) is 23.1 Å². The Kier molecular flexibility index (Phi) is 4.98. The molecule has 3 heterocycles. The standard InChI is InChI=1S/C15H12ClN5OS3/c16-11-8-17-15(24-11)25-14-19-18-12(13-20(9-22)6-7-23-13)21(14)10-4-2-1-3-5-10/h1-5,8-9,13H,6-7H2. The molecular weight excluding hydrogens is 398 g/mol. The van der Waals surface area contributed by atoms with Crippen LogP contribution in [0, 0.1) is 0 Å². The summed E-state index contributed by atoms with van der Waals surface area (Å²) in [6.45, 7) is 0.713. The molecule has 1 fully saturated rings. The van der Waals surface area contributed by atoms with Gasteiger partial charge in [0.1, 0.15) is 9.71 Å². The van der Waals surface area contributed by atoms with Gasteiger partial charge in [0.15, 0.2) is 10.2 Å². The van der Waals surface area contributed by atoms with Crippen LogP contribution in [-0.2, 0) is 4.79 Å². The summed E-state index contributed by atoms with van der Waals surface area (Å²) in [5.41, 5.74) is 0.950. The second-order valence-corrected chi connectivity index (χ2v) is 9.17. The van der Waals surface area contributed by atoms with E-state index in [-0.39, 0.29) is 5.37 Å². The molecule has 0 aliphatic carbocycles. The lowest BCUT2D eigenvalue weighted by Crippen LogP contribution is -2.23. The van der Waals surface area contributed by atoms with Crippen LogP contribution in [0.4, 0.5) is 0 Å². The van der Waals surface area contributed by atoms with Crippen molar-refractivity contribution < 1.29 is 4.79 Å². The third-order valence-electron chi connectivity index (χ3n) is 3.59. The third kappa shape index (κ3) is 3.41. The van der Waals surface area contributed by atoms with Gasteiger partial charge in [-0.05, 0) is 23.9 Å². The van der Waals surface area contributed by atoms with E-state index in [0.29, 0.717) is 16.0 Å². The molecule has 0 N–H and O–H groups in total. The Morgan fingerprint density at radius 1 is 1.28 bits per heavy atom. The van der Waals surface area contributed by atoms with Crippen molar-refractivity contribution >= 4 is 52.9 Å². The van der Waals surface area contributed by atoms with Crippen molar-refractivity contribution in [2.45, 2.75) is 14.9 Å². The summed E-state index contributed by atoms with van der Waals surface area (Å²) in [4.78, 5) is 17.4. The minimum Gasteiger partial charge on any atom is -0.325 e. The molecule has 1 atom stereocenters. The van der Waals surface area contributed by atoms with Crippen molar-refractivity contribution in [3.63, 3.8) is 0 Å². The Bertz CT molecular complexity index is 884. The minimum absolute atomic E-state index is 0.139. The molecule has 128 valence electrons. The van der Waals surface area contributed by atoms with Gasteiger partial charge in [0, 0.05) is 18.0 Å². The van der Waals surface area contributed by atoms with Crippen LogP contribution >= 0.6 is 46.5 Å². The number of para-hydroxylation sites is 1. The molecule has 4 rings (SSSR count). The molecule has 0 saturated carbocycles. The number of carbonyl (C=O) groups is 1. The first-order valence-corrected chi connectivity index (χ1v) is 10.4. The zero-order chi connectivity index (χ0) is 17.2. The number of halogens is 1. The number of hydrogen-bond acceptors (Lipinski definition) is 7. The van der Waals surface area contributed by atoms with Crippen molar-refractivity contribution in [3.05, 3.63) is 46.7 Å². The van der Waals surface area contributed by atoms with Crippen molar-refractivity contribution in [2.75, 3.05) is 12.3 Å². The molecule has 1 saturated heterocycles. The summed E-state index contributed by atoms with van der Waals surface area (Å²) in [7, 11) is 0. The Morgan fingerprint density at radius 2 is 2.12 bits per heavy atom. The Hall–Kier alpha value is -1.55. The van der Waals surface area contributed by atoms with Crippen molar-refractivity contribution in [1.82, 2.24) is 24.6 Å². The molecule has 1 amide bonds. The van der Waals surface area contributed by atoms with E-state index in [1.54, 1.807) is 22.9 Å². The lowest BCUT2D eigenvalue weighted by Gasteiger charge is -2.19. The summed E-state index contributed by atoms with van der Waals surface area (Å²) in [6.07, 6.45) is 2.50. The van der Waals surface area contributed by atoms with Gasteiger partial charge in [-0.1, -0.05) is 41.1 Å². The molecule has 25 heavy (non-hydrogen) atoms. The van der Waals surface area contributed by atoms with E-state index in [4.69, 9.17) is 11.6 Å². The summed E-state index contributed by atoms with van der Waals surface area (Å²) < 4.78 is 3.42. The zero-order valence-corrected chi connectivity index (χ0v) is 16.0. The highest BCUT2D eigenvalue weighted by atomic mass is 35.5. The first-order valence-electron chi connectivity index (χ1n) is 7.39. The first-order chi connectivity index (χ1) is 12.3. The number of benzene rings is 1. The Labute approximate surface area is 161 Å². The number of amides is 1. The fourth-order valence-corrected chi connectivity index (χ4v) is 5.77. The highest BCUT2D eigenvalue weighted by molar-refractivity contribution is 8.01. The van der Waals surface area contributed by atoms with Gasteiger partial charge in [-0.2, -0.15) is 0 Å². The van der Waals surface area contributed by atoms with Crippen LogP contribution in [0.2, 0.25) is 4.34 Å². The Morgan fingerprint density at radius 3 is 2.84 bits per heavy atom. The van der Waals surface area contributed by atoms with Crippen LogP contribution in [0.15, 0.2) is 46.0 Å². The second-order valence-electron chi connectivity index (χ2n) is 5.11. The molecule has 1 aliphatic rings. The number of carbonyl (C=O) groups excluding carboxylic acids is 1. The minimum atomic E-state index is -0.139. The highest BCUT2D eigenvalue weighted by Crippen LogP contribution is 2.40. The maximum Gasteiger partial charge on any atom is 0.211 e. The maximum atomic E-state index is 11.4. The lowest BCUT2D eigenvalue weighted by atomic mass is 10.3. The molecule has 6 nitrogen and oxygen atoms in total. The number of hydrogen-bond donors (Lipinski definition) is 0. The normalized spacial score (nSPS) is 17.2. The number of thioether (sulfide) groups is 1. The average Bonchev–Trinajstić information content (AvgIpc) is 3.35. The summed E-state index contributed by atoms with van der Waals surface area (Å²) in [5.74, 6) is 1.63. The van der Waals surface area contributed by atoms with Gasteiger partial charge in [-0.15, -0.1) is 22.0 Å². The number of thiazole rings is 1. The molecule has 1 aromatic carbocycles. The molecule has 0 radical (unpaired) electrons. The topological polar surface area (TPSA) is 63.9 Å². The van der Waals surface area contributed by atoms with E-state index in [1.807, 2.05) is 34.9 Å². The summed E-state index contributed by atoms with van der Waals surface area (Å²) >= 11 is 10.5. The van der Waals surface area contributed by atoms with Gasteiger partial charge in [-0.25, -0.2) is 4.98 Å². The maximum absolute atomic E-state index is 11.4. The van der Waals surface area contributed by atoms with E-state index < -0.39 is 0 Å². The third-order valence-corrected chi connectivity index (χ3v) is 6.94.